The van der Waals surface area contributed by atoms with Crippen molar-refractivity contribution in [3.05, 3.63) is 58.3 Å². The molecule has 1 saturated heterocycles. The number of rotatable bonds is 2. The molecule has 0 aliphatic carbocycles. The van der Waals surface area contributed by atoms with E-state index in [9.17, 15) is 9.18 Å². The van der Waals surface area contributed by atoms with E-state index in [2.05, 4.69) is 25.2 Å². The fourth-order valence-corrected chi connectivity index (χ4v) is 3.91. The Morgan fingerprint density at radius 1 is 1.07 bits per heavy atom. The summed E-state index contributed by atoms with van der Waals surface area (Å²) in [7, 11) is 0. The lowest BCUT2D eigenvalue weighted by atomic mass is 10.2. The summed E-state index contributed by atoms with van der Waals surface area (Å²) in [6.07, 6.45) is 3.41. The van der Waals surface area contributed by atoms with Gasteiger partial charge in [-0.15, -0.1) is 0 Å². The number of imidazole rings is 1. The van der Waals surface area contributed by atoms with Gasteiger partial charge in [0.1, 0.15) is 5.65 Å². The van der Waals surface area contributed by atoms with E-state index in [4.69, 9.17) is 0 Å². The van der Waals surface area contributed by atoms with E-state index < -0.39 is 11.5 Å². The summed E-state index contributed by atoms with van der Waals surface area (Å²) in [6.45, 7) is 7.26. The highest BCUT2D eigenvalue weighted by Gasteiger charge is 2.17. The van der Waals surface area contributed by atoms with Crippen LogP contribution in [-0.2, 0) is 0 Å². The Morgan fingerprint density at radius 2 is 1.86 bits per heavy atom. The zero-order chi connectivity index (χ0) is 20.1. The number of aryl methyl sites for hydroxylation is 2. The number of piperazine rings is 1. The Balaban J connectivity index is 1.65. The number of nitrogens with one attached hydrogen (secondary N) is 1. The smallest absolute Gasteiger partial charge is 0.355 e. The van der Waals surface area contributed by atoms with Crippen LogP contribution in [-0.4, -0.2) is 49.9 Å². The Kier molecular flexibility index (Phi) is 4.06. The van der Waals surface area contributed by atoms with Crippen LogP contribution < -0.4 is 15.9 Å². The molecule has 4 aromatic rings. The molecule has 5 rings (SSSR count). The highest BCUT2D eigenvalue weighted by Crippen LogP contribution is 2.23. The zero-order valence-electron chi connectivity index (χ0n) is 16.2. The first-order chi connectivity index (χ1) is 14.0. The van der Waals surface area contributed by atoms with E-state index in [1.165, 1.54) is 10.5 Å². The van der Waals surface area contributed by atoms with Crippen LogP contribution in [0.15, 0.2) is 35.4 Å². The molecule has 4 aromatic heterocycles. The minimum atomic E-state index is -0.482. The van der Waals surface area contributed by atoms with E-state index in [-0.39, 0.29) is 11.5 Å². The number of fused-ring (bicyclic) bond motifs is 2. The Hall–Kier alpha value is -3.33. The lowest BCUT2D eigenvalue weighted by Crippen LogP contribution is -2.44. The number of hydrogen-bond acceptors (Lipinski definition) is 6. The minimum absolute atomic E-state index is 0.191. The Bertz CT molecular complexity index is 1300. The standard InChI is InChI=1S/C20H20FN7O/c1-12-10-27-11-14(9-15(21)19(27)23-12)18-24-17-4-3-16(26-7-5-22-6-8-26)13(2)28(17)20(29)25-18/h3-4,9-11,22H,5-8H2,1-2H3. The fourth-order valence-electron chi connectivity index (χ4n) is 3.91. The van der Waals surface area contributed by atoms with Crippen molar-refractivity contribution < 1.29 is 4.39 Å². The van der Waals surface area contributed by atoms with Gasteiger partial charge in [0, 0.05) is 49.8 Å². The van der Waals surface area contributed by atoms with Crippen LogP contribution in [0, 0.1) is 19.7 Å². The normalized spacial score (nSPS) is 14.8. The van der Waals surface area contributed by atoms with Gasteiger partial charge in [-0.1, -0.05) is 0 Å². The van der Waals surface area contributed by atoms with Crippen molar-refractivity contribution in [2.45, 2.75) is 13.8 Å². The number of pyridine rings is 2. The molecule has 0 radical (unpaired) electrons. The summed E-state index contributed by atoms with van der Waals surface area (Å²) in [5.74, 6) is -0.291. The van der Waals surface area contributed by atoms with Crippen LogP contribution >= 0.6 is 0 Å². The van der Waals surface area contributed by atoms with Crippen LogP contribution in [0.25, 0.3) is 22.7 Å². The highest BCUT2D eigenvalue weighted by molar-refractivity contribution is 5.62. The summed E-state index contributed by atoms with van der Waals surface area (Å²) < 4.78 is 17.5. The van der Waals surface area contributed by atoms with Gasteiger partial charge < -0.3 is 14.6 Å². The van der Waals surface area contributed by atoms with Crippen molar-refractivity contribution >= 4 is 17.0 Å². The molecule has 0 atom stereocenters. The second-order valence-corrected chi connectivity index (χ2v) is 7.25. The lowest BCUT2D eigenvalue weighted by Gasteiger charge is -2.30. The van der Waals surface area contributed by atoms with Gasteiger partial charge in [0.05, 0.1) is 11.4 Å². The molecule has 8 nitrogen and oxygen atoms in total. The quantitative estimate of drug-likeness (QED) is 0.557. The van der Waals surface area contributed by atoms with Crippen molar-refractivity contribution in [1.29, 1.82) is 0 Å². The predicted molar refractivity (Wildman–Crippen MR) is 108 cm³/mol. The number of anilines is 1. The van der Waals surface area contributed by atoms with E-state index in [0.29, 0.717) is 16.9 Å². The maximum absolute atomic E-state index is 14.5. The molecule has 0 bridgehead atoms. The molecule has 1 aliphatic heterocycles. The molecular weight excluding hydrogens is 373 g/mol. The van der Waals surface area contributed by atoms with Gasteiger partial charge in [0.15, 0.2) is 17.3 Å². The Labute approximate surface area is 165 Å². The summed E-state index contributed by atoms with van der Waals surface area (Å²) in [5.41, 5.74) is 3.22. The molecule has 0 aromatic carbocycles. The van der Waals surface area contributed by atoms with Crippen molar-refractivity contribution in [2.75, 3.05) is 31.1 Å². The molecular formula is C20H20FN7O. The monoisotopic (exact) mass is 393 g/mol. The molecule has 0 saturated carbocycles. The van der Waals surface area contributed by atoms with E-state index in [1.807, 2.05) is 19.1 Å². The SMILES string of the molecule is Cc1cn2cc(-c3nc(=O)n4c(C)c(N5CCNCC5)ccc4n3)cc(F)c2n1. The van der Waals surface area contributed by atoms with Crippen molar-refractivity contribution in [1.82, 2.24) is 29.1 Å². The molecule has 9 heteroatoms. The van der Waals surface area contributed by atoms with Crippen LogP contribution in [0.5, 0.6) is 0 Å². The lowest BCUT2D eigenvalue weighted by molar-refractivity contribution is 0.587. The van der Waals surface area contributed by atoms with Gasteiger partial charge >= 0.3 is 5.69 Å². The molecule has 5 heterocycles. The van der Waals surface area contributed by atoms with E-state index in [1.54, 1.807) is 23.7 Å². The minimum Gasteiger partial charge on any atom is -0.368 e. The summed E-state index contributed by atoms with van der Waals surface area (Å²) >= 11 is 0. The summed E-state index contributed by atoms with van der Waals surface area (Å²) in [5, 5.41) is 3.32. The average Bonchev–Trinajstić information content (AvgIpc) is 3.09. The number of aromatic nitrogens is 5. The second-order valence-electron chi connectivity index (χ2n) is 7.25. The van der Waals surface area contributed by atoms with E-state index >= 15 is 0 Å². The predicted octanol–water partition coefficient (Wildman–Crippen LogP) is 1.57. The number of nitrogens with zero attached hydrogens (tertiary/aromatic N) is 6. The van der Waals surface area contributed by atoms with Gasteiger partial charge in [-0.3, -0.25) is 0 Å². The van der Waals surface area contributed by atoms with Crippen LogP contribution in [0.4, 0.5) is 10.1 Å². The van der Waals surface area contributed by atoms with Crippen molar-refractivity contribution in [3.63, 3.8) is 0 Å². The third-order valence-electron chi connectivity index (χ3n) is 5.28. The average molecular weight is 393 g/mol. The van der Waals surface area contributed by atoms with Gasteiger partial charge in [-0.2, -0.15) is 4.98 Å². The van der Waals surface area contributed by atoms with Gasteiger partial charge in [-0.25, -0.2) is 23.6 Å². The van der Waals surface area contributed by atoms with Crippen LogP contribution in [0.1, 0.15) is 11.4 Å². The summed E-state index contributed by atoms with van der Waals surface area (Å²) in [6, 6.07) is 5.11. The molecule has 148 valence electrons. The van der Waals surface area contributed by atoms with E-state index in [0.717, 1.165) is 37.6 Å². The molecule has 0 spiro atoms. The summed E-state index contributed by atoms with van der Waals surface area (Å²) in [4.78, 5) is 27.9. The second kappa shape index (κ2) is 6.63. The molecule has 1 N–H and O–H groups in total. The third-order valence-corrected chi connectivity index (χ3v) is 5.28. The van der Waals surface area contributed by atoms with Crippen LogP contribution in [0.3, 0.4) is 0 Å². The maximum atomic E-state index is 14.5. The van der Waals surface area contributed by atoms with Crippen LogP contribution in [0.2, 0.25) is 0 Å². The molecule has 1 fully saturated rings. The van der Waals surface area contributed by atoms with Crippen molar-refractivity contribution in [3.8, 4) is 11.4 Å². The first-order valence-electron chi connectivity index (χ1n) is 9.52. The maximum Gasteiger partial charge on any atom is 0.355 e. The number of hydrogen-bond donors (Lipinski definition) is 1. The zero-order valence-corrected chi connectivity index (χ0v) is 16.2. The van der Waals surface area contributed by atoms with Gasteiger partial charge in [0.25, 0.3) is 0 Å². The molecule has 0 amide bonds. The highest BCUT2D eigenvalue weighted by atomic mass is 19.1. The first-order valence-corrected chi connectivity index (χ1v) is 9.52. The fraction of sp³-hybridized carbons (Fsp3) is 0.300. The topological polar surface area (TPSA) is 79.8 Å². The Morgan fingerprint density at radius 3 is 2.66 bits per heavy atom. The van der Waals surface area contributed by atoms with Gasteiger partial charge in [0.2, 0.25) is 0 Å². The molecule has 0 unspecified atom stereocenters. The third kappa shape index (κ3) is 2.94. The van der Waals surface area contributed by atoms with Gasteiger partial charge in [-0.05, 0) is 32.0 Å². The largest absolute Gasteiger partial charge is 0.368 e. The molecule has 29 heavy (non-hydrogen) atoms. The first kappa shape index (κ1) is 17.7. The molecule has 1 aliphatic rings. The number of halogens is 1. The van der Waals surface area contributed by atoms with Crippen molar-refractivity contribution in [2.24, 2.45) is 0 Å².